The first-order valence-corrected chi connectivity index (χ1v) is 3.99. The molecule has 0 saturated carbocycles. The fraction of sp³-hybridized carbons (Fsp3) is 0.750. The summed E-state index contributed by atoms with van der Waals surface area (Å²) in [5.41, 5.74) is 0. The molecule has 0 heterocycles. The van der Waals surface area contributed by atoms with Gasteiger partial charge in [-0.15, -0.1) is 0 Å². The van der Waals surface area contributed by atoms with Crippen LogP contribution in [0.4, 0.5) is 13.2 Å². The number of carbonyl (C=O) groups excluding carboxylic acids is 1. The Hall–Kier alpha value is -1.07. The summed E-state index contributed by atoms with van der Waals surface area (Å²) in [4.78, 5) is 21.0. The van der Waals surface area contributed by atoms with Crippen LogP contribution < -0.4 is 0 Å². The van der Waals surface area contributed by atoms with E-state index in [1.165, 1.54) is 13.8 Å². The molecule has 82 valence electrons. The van der Waals surface area contributed by atoms with Gasteiger partial charge in [-0.2, -0.15) is 13.2 Å². The highest BCUT2D eigenvalue weighted by Crippen LogP contribution is 2.24. The number of aliphatic carboxylic acids is 1. The summed E-state index contributed by atoms with van der Waals surface area (Å²) >= 11 is 0. The van der Waals surface area contributed by atoms with E-state index in [1.807, 2.05) is 0 Å². The zero-order valence-corrected chi connectivity index (χ0v) is 7.76. The quantitative estimate of drug-likeness (QED) is 0.773. The Bertz CT molecular complexity index is 232. The number of hydrogen-bond donors (Lipinski definition) is 1. The maximum Gasteiger partial charge on any atom is 0.449 e. The summed E-state index contributed by atoms with van der Waals surface area (Å²) in [6.45, 7) is 2.92. The van der Waals surface area contributed by atoms with Crippen molar-refractivity contribution >= 4 is 11.8 Å². The molecule has 0 amide bonds. The van der Waals surface area contributed by atoms with Crippen molar-refractivity contribution in [3.63, 3.8) is 0 Å². The molecule has 0 spiro atoms. The zero-order valence-electron chi connectivity index (χ0n) is 7.76. The van der Waals surface area contributed by atoms with Crippen LogP contribution in [0.1, 0.15) is 20.3 Å². The lowest BCUT2D eigenvalue weighted by Gasteiger charge is -2.15. The Labute approximate surface area is 78.9 Å². The van der Waals surface area contributed by atoms with Gasteiger partial charge in [-0.1, -0.05) is 13.8 Å². The van der Waals surface area contributed by atoms with Gasteiger partial charge in [0.15, 0.2) is 0 Å². The molecule has 6 heteroatoms. The smallest absolute Gasteiger partial charge is 0.449 e. The largest absolute Gasteiger partial charge is 0.481 e. The summed E-state index contributed by atoms with van der Waals surface area (Å²) in [6.07, 6.45) is -5.93. The standard InChI is InChI=1S/C8H11F3O3/c1-4(2)5(7(13)14)3-6(12)8(9,10)11/h4-5H,3H2,1-2H3,(H,13,14)/t5-/m0/s1. The molecule has 0 aliphatic heterocycles. The maximum absolute atomic E-state index is 11.8. The molecular formula is C8H11F3O3. The lowest BCUT2D eigenvalue weighted by Crippen LogP contribution is -2.30. The van der Waals surface area contributed by atoms with Crippen molar-refractivity contribution in [3.8, 4) is 0 Å². The molecular weight excluding hydrogens is 201 g/mol. The van der Waals surface area contributed by atoms with Gasteiger partial charge >= 0.3 is 12.1 Å². The van der Waals surface area contributed by atoms with Crippen LogP contribution in [-0.4, -0.2) is 23.0 Å². The van der Waals surface area contributed by atoms with E-state index in [0.29, 0.717) is 0 Å². The third-order valence-corrected chi connectivity index (χ3v) is 1.84. The molecule has 1 atom stereocenters. The highest BCUT2D eigenvalue weighted by molar-refractivity contribution is 5.87. The van der Waals surface area contributed by atoms with Crippen LogP contribution in [0.3, 0.4) is 0 Å². The monoisotopic (exact) mass is 212 g/mol. The second kappa shape index (κ2) is 4.43. The summed E-state index contributed by atoms with van der Waals surface area (Å²) in [5.74, 6) is -5.14. The SMILES string of the molecule is CC(C)[C@H](CC(=O)C(F)(F)F)C(=O)O. The van der Waals surface area contributed by atoms with Crippen LogP contribution in [-0.2, 0) is 9.59 Å². The van der Waals surface area contributed by atoms with Crippen molar-refractivity contribution in [2.75, 3.05) is 0 Å². The van der Waals surface area contributed by atoms with Crippen molar-refractivity contribution in [1.29, 1.82) is 0 Å². The molecule has 0 fully saturated rings. The molecule has 0 aliphatic carbocycles. The number of rotatable bonds is 4. The second-order valence-corrected chi connectivity index (χ2v) is 3.31. The number of ketones is 1. The maximum atomic E-state index is 11.8. The predicted molar refractivity (Wildman–Crippen MR) is 41.6 cm³/mol. The van der Waals surface area contributed by atoms with Crippen LogP contribution in [0.2, 0.25) is 0 Å². The van der Waals surface area contributed by atoms with Gasteiger partial charge in [0.1, 0.15) is 0 Å². The van der Waals surface area contributed by atoms with Crippen molar-refractivity contribution in [2.24, 2.45) is 11.8 Å². The average molecular weight is 212 g/mol. The van der Waals surface area contributed by atoms with Crippen molar-refractivity contribution in [1.82, 2.24) is 0 Å². The third-order valence-electron chi connectivity index (χ3n) is 1.84. The lowest BCUT2D eigenvalue weighted by molar-refractivity contribution is -0.174. The summed E-state index contributed by atoms with van der Waals surface area (Å²) in [6, 6.07) is 0. The molecule has 0 aromatic rings. The van der Waals surface area contributed by atoms with Gasteiger partial charge in [0.05, 0.1) is 5.92 Å². The zero-order chi connectivity index (χ0) is 11.5. The molecule has 0 radical (unpaired) electrons. The number of halogens is 3. The summed E-state index contributed by atoms with van der Waals surface area (Å²) < 4.78 is 35.4. The molecule has 1 N–H and O–H groups in total. The molecule has 0 saturated heterocycles. The molecule has 3 nitrogen and oxygen atoms in total. The first kappa shape index (κ1) is 12.9. The van der Waals surface area contributed by atoms with Gasteiger partial charge < -0.3 is 5.11 Å². The molecule has 0 aliphatic rings. The number of alkyl halides is 3. The van der Waals surface area contributed by atoms with Crippen LogP contribution in [0.5, 0.6) is 0 Å². The van der Waals surface area contributed by atoms with Gasteiger partial charge in [-0.25, -0.2) is 0 Å². The van der Waals surface area contributed by atoms with Gasteiger partial charge in [-0.3, -0.25) is 9.59 Å². The van der Waals surface area contributed by atoms with Gasteiger partial charge in [0.25, 0.3) is 0 Å². The average Bonchev–Trinajstić information content (AvgIpc) is 1.96. The van der Waals surface area contributed by atoms with Crippen LogP contribution in [0.15, 0.2) is 0 Å². The summed E-state index contributed by atoms with van der Waals surface area (Å²) in [5, 5.41) is 8.54. The van der Waals surface area contributed by atoms with E-state index >= 15 is 0 Å². The highest BCUT2D eigenvalue weighted by Gasteiger charge is 2.41. The second-order valence-electron chi connectivity index (χ2n) is 3.31. The number of carboxylic acids is 1. The minimum Gasteiger partial charge on any atom is -0.481 e. The number of Topliss-reactive ketones (excluding diaryl/α,β-unsaturated/α-hetero) is 1. The van der Waals surface area contributed by atoms with Crippen LogP contribution >= 0.6 is 0 Å². The van der Waals surface area contributed by atoms with E-state index in [4.69, 9.17) is 5.11 Å². The Kier molecular flexibility index (Phi) is 4.09. The van der Waals surface area contributed by atoms with E-state index in [0.717, 1.165) is 0 Å². The van der Waals surface area contributed by atoms with E-state index in [2.05, 4.69) is 0 Å². The van der Waals surface area contributed by atoms with Gasteiger partial charge in [-0.05, 0) is 5.92 Å². The van der Waals surface area contributed by atoms with E-state index in [-0.39, 0.29) is 0 Å². The van der Waals surface area contributed by atoms with Crippen LogP contribution in [0, 0.1) is 11.8 Å². The molecule has 0 rings (SSSR count). The first-order chi connectivity index (χ1) is 6.16. The third kappa shape index (κ3) is 3.76. The minimum absolute atomic E-state index is 0.501. The molecule has 0 unspecified atom stereocenters. The molecule has 0 bridgehead atoms. The Morgan fingerprint density at radius 3 is 1.93 bits per heavy atom. The predicted octanol–water partition coefficient (Wildman–Crippen LogP) is 1.86. The van der Waals surface area contributed by atoms with Crippen molar-refractivity contribution in [2.45, 2.75) is 26.4 Å². The fourth-order valence-corrected chi connectivity index (χ4v) is 0.924. The fourth-order valence-electron chi connectivity index (χ4n) is 0.924. The lowest BCUT2D eigenvalue weighted by atomic mass is 9.91. The number of carboxylic acid groups (broad SMARTS) is 1. The highest BCUT2D eigenvalue weighted by atomic mass is 19.4. The topological polar surface area (TPSA) is 54.4 Å². The molecule has 0 aromatic heterocycles. The van der Waals surface area contributed by atoms with E-state index in [9.17, 15) is 22.8 Å². The van der Waals surface area contributed by atoms with E-state index < -0.39 is 36.2 Å². The summed E-state index contributed by atoms with van der Waals surface area (Å²) in [7, 11) is 0. The number of carbonyl (C=O) groups is 2. The Morgan fingerprint density at radius 2 is 1.71 bits per heavy atom. The number of hydrogen-bond acceptors (Lipinski definition) is 2. The normalized spacial score (nSPS) is 14.1. The van der Waals surface area contributed by atoms with Gasteiger partial charge in [0, 0.05) is 6.42 Å². The van der Waals surface area contributed by atoms with E-state index in [1.54, 1.807) is 0 Å². The van der Waals surface area contributed by atoms with Crippen molar-refractivity contribution in [3.05, 3.63) is 0 Å². The van der Waals surface area contributed by atoms with Crippen LogP contribution in [0.25, 0.3) is 0 Å². The first-order valence-electron chi connectivity index (χ1n) is 3.99. The molecule has 14 heavy (non-hydrogen) atoms. The minimum atomic E-state index is -4.94. The Balaban J connectivity index is 4.48. The molecule has 0 aromatic carbocycles. The van der Waals surface area contributed by atoms with Crippen molar-refractivity contribution < 1.29 is 27.9 Å². The Morgan fingerprint density at radius 1 is 1.29 bits per heavy atom. The van der Waals surface area contributed by atoms with Gasteiger partial charge in [0.2, 0.25) is 5.78 Å².